The molecule has 31 rings (SSSR count). The van der Waals surface area contributed by atoms with Gasteiger partial charge in [0.05, 0.1) is 0 Å². The zero-order valence-corrected chi connectivity index (χ0v) is 82.4. The third-order valence-corrected chi connectivity index (χ3v) is 32.7. The number of nitrogens with zero attached hydrogens (tertiary/aromatic N) is 9. The van der Waals surface area contributed by atoms with Crippen molar-refractivity contribution in [3.63, 3.8) is 0 Å². The molecule has 3 spiro atoms. The van der Waals surface area contributed by atoms with E-state index in [4.69, 9.17) is 58.1 Å². The number of aromatic nitrogens is 9. The summed E-state index contributed by atoms with van der Waals surface area (Å²) in [5.74, 6) is 6.00. The van der Waals surface area contributed by atoms with Crippen molar-refractivity contribution in [3.05, 3.63) is 476 Å². The first-order valence-corrected chi connectivity index (χ1v) is 52.6. The minimum absolute atomic E-state index is 0.0394. The molecule has 12 heteroatoms. The van der Waals surface area contributed by atoms with E-state index < -0.39 is 0 Å². The highest BCUT2D eigenvalue weighted by Crippen LogP contribution is 2.63. The Morgan fingerprint density at radius 1 is 0.153 bits per heavy atom. The highest BCUT2D eigenvalue weighted by molar-refractivity contribution is 6.13. The van der Waals surface area contributed by atoms with E-state index in [0.29, 0.717) is 52.4 Å². The van der Waals surface area contributed by atoms with Gasteiger partial charge in [0.2, 0.25) is 0 Å². The smallest absolute Gasteiger partial charge is 0.164 e. The van der Waals surface area contributed by atoms with Crippen molar-refractivity contribution in [1.82, 2.24) is 44.9 Å². The first-order chi connectivity index (χ1) is 74.3. The molecule has 6 aromatic heterocycles. The van der Waals surface area contributed by atoms with Gasteiger partial charge >= 0.3 is 0 Å². The molecule has 3 saturated carbocycles. The Bertz CT molecular complexity index is 9390. The molecule has 0 saturated heterocycles. The normalized spacial score (nSPS) is 14.4. The quantitative estimate of drug-likeness (QED) is 0.108. The number of hydrogen-bond acceptors (Lipinski definition) is 12. The van der Waals surface area contributed by atoms with Crippen molar-refractivity contribution in [2.24, 2.45) is 0 Å². The Kier molecular flexibility index (Phi) is 21.2. The second kappa shape index (κ2) is 36.1. The third kappa shape index (κ3) is 14.6. The van der Waals surface area contributed by atoms with Gasteiger partial charge in [-0.2, -0.15) is 0 Å². The van der Waals surface area contributed by atoms with Crippen molar-refractivity contribution in [1.29, 1.82) is 0 Å². The molecular formula is C138H97N9O3. The maximum Gasteiger partial charge on any atom is 0.164 e. The maximum absolute atomic E-state index is 6.41. The van der Waals surface area contributed by atoms with Crippen molar-refractivity contribution in [2.75, 3.05) is 0 Å². The van der Waals surface area contributed by atoms with E-state index in [1.165, 1.54) is 142 Å². The molecule has 3 fully saturated rings. The minimum atomic E-state index is 0.0394. The predicted molar refractivity (Wildman–Crippen MR) is 606 cm³/mol. The van der Waals surface area contributed by atoms with Crippen LogP contribution < -0.4 is 0 Å². The molecule has 0 N–H and O–H groups in total. The zero-order valence-electron chi connectivity index (χ0n) is 82.4. The standard InChI is InChI=1S/C56H37N3O2.C44H33N3.C38H27N3O/c1-4-20-46-44(14-1)50-45(19-11-21-47(50)56(46)32-7-8-33-56)55-58-53(36-28-24-34(25-29-36)38-15-9-17-42-40-12-2-5-22-48(40)60-51(38)42)57-54(59-55)37-30-26-35(27-31-37)39-16-10-18-43-41-13-3-6-23-49(41)61-52(39)43;1-3-14-30(15-4-1)32-18-11-20-34(28-32)41-45-42(35-21-12-19-33(29-35)31-16-5-2-6-17-31)47-43(46-41)37-23-13-25-39-40(37)36-22-7-8-24-38(36)44(39)26-9-10-27-44;1-2-12-24(13-3-1)35-39-36(41-37(40-35)28-17-11-21-32-34(28)26-15-5-7-20-31(26)42-32)27-16-10-19-30-33(27)25-14-4-6-18-29(25)38(30)22-8-9-23-38/h1-6,9-31H,7-8,32-33H2;1-8,11-25,28-29H,9-10,26-27H2;1-7,10-21H,8-9,22-23H2. The van der Waals surface area contributed by atoms with Crippen LogP contribution >= 0.6 is 0 Å². The molecule has 0 amide bonds. The van der Waals surface area contributed by atoms with Gasteiger partial charge in [-0.1, -0.05) is 445 Å². The number of rotatable bonds is 13. The molecule has 6 aliphatic carbocycles. The lowest BCUT2D eigenvalue weighted by molar-refractivity contribution is 0.550. The molecule has 0 aliphatic heterocycles. The third-order valence-electron chi connectivity index (χ3n) is 32.7. The van der Waals surface area contributed by atoms with E-state index in [2.05, 4.69) is 358 Å². The van der Waals surface area contributed by atoms with Crippen LogP contribution in [0.3, 0.4) is 0 Å². The highest BCUT2D eigenvalue weighted by Gasteiger charge is 2.49. The van der Waals surface area contributed by atoms with Crippen LogP contribution in [0.25, 0.3) is 246 Å². The Hall–Kier alpha value is -18.4. The van der Waals surface area contributed by atoms with Crippen molar-refractivity contribution in [2.45, 2.75) is 93.3 Å². The Morgan fingerprint density at radius 2 is 0.400 bits per heavy atom. The summed E-state index contributed by atoms with van der Waals surface area (Å²) >= 11 is 0. The van der Waals surface area contributed by atoms with Crippen LogP contribution in [0.15, 0.2) is 456 Å². The van der Waals surface area contributed by atoms with E-state index in [9.17, 15) is 0 Å². The maximum atomic E-state index is 6.41. The summed E-state index contributed by atoms with van der Waals surface area (Å²) in [6, 6.07) is 156. The zero-order chi connectivity index (χ0) is 99.0. The monoisotopic (exact) mass is 1930 g/mol. The van der Waals surface area contributed by atoms with Gasteiger partial charge in [0.25, 0.3) is 0 Å². The first kappa shape index (κ1) is 88.1. The fourth-order valence-corrected chi connectivity index (χ4v) is 25.9. The van der Waals surface area contributed by atoms with Gasteiger partial charge in [-0.15, -0.1) is 0 Å². The van der Waals surface area contributed by atoms with Crippen LogP contribution in [0, 0.1) is 0 Å². The van der Waals surface area contributed by atoms with Gasteiger partial charge in [-0.25, -0.2) is 44.9 Å². The van der Waals surface area contributed by atoms with E-state index in [1.807, 2.05) is 84.9 Å². The molecule has 19 aromatic carbocycles. The summed E-state index contributed by atoms with van der Waals surface area (Å²) in [4.78, 5) is 47.0. The molecule has 6 aliphatic rings. The Labute approximate surface area is 867 Å². The Morgan fingerprint density at radius 3 is 0.807 bits per heavy atom. The van der Waals surface area contributed by atoms with E-state index >= 15 is 0 Å². The second-order valence-electron chi connectivity index (χ2n) is 40.9. The Balaban J connectivity index is 0.000000108. The van der Waals surface area contributed by atoms with Crippen LogP contribution in [-0.4, -0.2) is 44.9 Å². The number of benzene rings is 19. The summed E-state index contributed by atoms with van der Waals surface area (Å²) in [6.07, 6.45) is 14.6. The molecule has 6 heterocycles. The largest absolute Gasteiger partial charge is 0.456 e. The lowest BCUT2D eigenvalue weighted by atomic mass is 9.76. The topological polar surface area (TPSA) is 155 Å². The van der Waals surface area contributed by atoms with E-state index in [0.717, 1.165) is 162 Å². The summed E-state index contributed by atoms with van der Waals surface area (Å²) in [5.41, 5.74) is 39.5. The molecular weight excluding hydrogens is 1830 g/mol. The predicted octanol–water partition coefficient (Wildman–Crippen LogP) is 35.5. The molecule has 712 valence electrons. The van der Waals surface area contributed by atoms with Crippen LogP contribution in [0.1, 0.15) is 110 Å². The number of hydrogen-bond donors (Lipinski definition) is 0. The fraction of sp³-hybridized carbons (Fsp3) is 0.109. The van der Waals surface area contributed by atoms with Crippen molar-refractivity contribution in [3.8, 4) is 180 Å². The van der Waals surface area contributed by atoms with Gasteiger partial charge in [-0.3, -0.25) is 0 Å². The summed E-state index contributed by atoms with van der Waals surface area (Å²) in [7, 11) is 0. The van der Waals surface area contributed by atoms with Crippen molar-refractivity contribution < 1.29 is 13.3 Å². The molecule has 0 bridgehead atoms. The van der Waals surface area contributed by atoms with Gasteiger partial charge in [0, 0.05) is 110 Å². The fourth-order valence-electron chi connectivity index (χ4n) is 25.9. The molecule has 12 nitrogen and oxygen atoms in total. The number of fused-ring (bicyclic) bond motifs is 24. The average Bonchev–Trinajstić information content (AvgIpc) is 1.55. The average molecular weight is 1930 g/mol. The van der Waals surface area contributed by atoms with Crippen LogP contribution in [-0.2, 0) is 16.2 Å². The summed E-state index contributed by atoms with van der Waals surface area (Å²) < 4.78 is 19.0. The second-order valence-corrected chi connectivity index (χ2v) is 40.9. The van der Waals surface area contributed by atoms with Gasteiger partial charge in [0.15, 0.2) is 52.4 Å². The first-order valence-electron chi connectivity index (χ1n) is 52.6. The summed E-state index contributed by atoms with van der Waals surface area (Å²) in [5, 5.41) is 6.55. The van der Waals surface area contributed by atoms with Crippen LogP contribution in [0.5, 0.6) is 0 Å². The number of furan rings is 3. The van der Waals surface area contributed by atoms with Gasteiger partial charge in [-0.05, 0) is 175 Å². The van der Waals surface area contributed by atoms with Gasteiger partial charge in [0.1, 0.15) is 33.5 Å². The van der Waals surface area contributed by atoms with E-state index in [1.54, 1.807) is 0 Å². The summed E-state index contributed by atoms with van der Waals surface area (Å²) in [6.45, 7) is 0. The molecule has 25 aromatic rings. The lowest BCUT2D eigenvalue weighted by Crippen LogP contribution is -2.20. The molecule has 0 radical (unpaired) electrons. The van der Waals surface area contributed by atoms with Crippen LogP contribution in [0.2, 0.25) is 0 Å². The van der Waals surface area contributed by atoms with E-state index in [-0.39, 0.29) is 16.2 Å². The number of para-hydroxylation sites is 5. The van der Waals surface area contributed by atoms with Crippen LogP contribution in [0.4, 0.5) is 0 Å². The molecule has 150 heavy (non-hydrogen) atoms. The SMILES string of the molecule is c1ccc(-c2cccc(-c3nc(-c4cccc(-c5ccccc5)c4)nc(-c4cccc5c4-c4ccccc4C54CCCC4)n3)c2)cc1.c1ccc(-c2nc(-c3cccc4c3-c3ccccc3C43CCCC3)nc(-c3cccc4oc5ccccc5c34)n2)cc1.c1ccc2c(c1)-c1c(-c3nc(-c4ccc(-c5cccc6c5oc5ccccc56)cc4)nc(-c4ccc(-c5cccc6c5oc5ccccc56)cc4)n3)cccc1C21CCCC1. The lowest BCUT2D eigenvalue weighted by Gasteiger charge is -2.26. The van der Waals surface area contributed by atoms with Gasteiger partial charge < -0.3 is 13.3 Å². The van der Waals surface area contributed by atoms with Crippen molar-refractivity contribution >= 4 is 65.8 Å². The highest BCUT2D eigenvalue weighted by atomic mass is 16.3. The minimum Gasteiger partial charge on any atom is -0.456 e. The molecule has 0 atom stereocenters. The molecule has 0 unspecified atom stereocenters.